The molecule has 0 saturated heterocycles. The summed E-state index contributed by atoms with van der Waals surface area (Å²) in [5.41, 5.74) is 2.09. The average molecular weight is 305 g/mol. The van der Waals surface area contributed by atoms with Crippen molar-refractivity contribution in [2.24, 2.45) is 0 Å². The lowest BCUT2D eigenvalue weighted by Gasteiger charge is -2.07. The van der Waals surface area contributed by atoms with Gasteiger partial charge in [-0.15, -0.1) is 33.2 Å². The zero-order valence-corrected chi connectivity index (χ0v) is 12.4. The molecule has 2 aromatic rings. The van der Waals surface area contributed by atoms with Crippen molar-refractivity contribution in [1.82, 2.24) is 4.98 Å². The molecule has 0 unspecified atom stereocenters. The molecule has 0 aliphatic rings. The van der Waals surface area contributed by atoms with Gasteiger partial charge in [-0.25, -0.2) is 0 Å². The van der Waals surface area contributed by atoms with Crippen molar-refractivity contribution in [2.75, 3.05) is 0 Å². The van der Waals surface area contributed by atoms with Gasteiger partial charge in [0.1, 0.15) is 0 Å². The van der Waals surface area contributed by atoms with Gasteiger partial charge >= 0.3 is 6.00 Å². The van der Waals surface area contributed by atoms with Gasteiger partial charge in [-0.1, -0.05) is 24.3 Å². The Morgan fingerprint density at radius 1 is 1.00 bits per heavy atom. The van der Waals surface area contributed by atoms with E-state index in [-0.39, 0.29) is 0 Å². The van der Waals surface area contributed by atoms with Gasteiger partial charge in [0, 0.05) is 11.1 Å². The number of aryl methyl sites for hydroxylation is 1. The van der Waals surface area contributed by atoms with Crippen LogP contribution in [0.5, 0.6) is 0 Å². The second-order valence-corrected chi connectivity index (χ2v) is 13.2. The van der Waals surface area contributed by atoms with E-state index in [2.05, 4.69) is 17.1 Å². The molecular weight excluding hydrogens is 293 g/mol. The van der Waals surface area contributed by atoms with E-state index in [0.717, 1.165) is 29.4 Å². The lowest BCUT2D eigenvalue weighted by Crippen LogP contribution is -2.08. The van der Waals surface area contributed by atoms with Gasteiger partial charge in [-0.2, -0.15) is 0 Å². The van der Waals surface area contributed by atoms with Gasteiger partial charge < -0.3 is 0 Å². The third kappa shape index (κ3) is 4.14. The summed E-state index contributed by atoms with van der Waals surface area (Å²) < 4.78 is 0. The summed E-state index contributed by atoms with van der Waals surface area (Å²) in [5.74, 6) is 0. The second-order valence-electron chi connectivity index (χ2n) is 3.96. The normalized spacial score (nSPS) is 11.9. The summed E-state index contributed by atoms with van der Waals surface area (Å²) in [6.45, 7) is 0. The van der Waals surface area contributed by atoms with Crippen LogP contribution in [-0.2, 0) is 6.42 Å². The third-order valence-corrected chi connectivity index (χ3v) is 5.17. The van der Waals surface area contributed by atoms with E-state index in [1.165, 1.54) is 0 Å². The maximum Gasteiger partial charge on any atom is 0.341 e. The van der Waals surface area contributed by atoms with Gasteiger partial charge in [0.15, 0.2) is 0 Å². The Bertz CT molecular complexity index is 510. The molecule has 0 amide bonds. The molecule has 17 heavy (non-hydrogen) atoms. The topological polar surface area (TPSA) is 12.9 Å². The minimum atomic E-state index is -2.48. The summed E-state index contributed by atoms with van der Waals surface area (Å²) in [6.07, 6.45) is 1.75. The molecule has 0 atom stereocenters. The zero-order chi connectivity index (χ0) is 12.3. The van der Waals surface area contributed by atoms with Crippen LogP contribution in [0.3, 0.4) is 0 Å². The number of pyridine rings is 1. The zero-order valence-electron chi connectivity index (χ0n) is 9.17. The third-order valence-electron chi connectivity index (χ3n) is 2.55. The van der Waals surface area contributed by atoms with E-state index in [4.69, 9.17) is 33.2 Å². The molecule has 0 aliphatic carbocycles. The maximum absolute atomic E-state index is 5.84. The number of benzene rings is 1. The second kappa shape index (κ2) is 5.57. The standard InChI is InChI=1S/C12H12Cl3NSi/c13-17(14,15)9-3-5-11-8-7-10-4-1-2-6-12(10)16-11/h1-2,4,6-8H,3,5,9H2. The molecule has 1 heterocycles. The van der Waals surface area contributed by atoms with Gasteiger partial charge in [0.2, 0.25) is 0 Å². The number of nitrogens with zero attached hydrogens (tertiary/aromatic N) is 1. The van der Waals surface area contributed by atoms with E-state index in [0.29, 0.717) is 6.04 Å². The highest BCUT2D eigenvalue weighted by molar-refractivity contribution is 7.64. The number of halogens is 3. The molecule has 0 spiro atoms. The van der Waals surface area contributed by atoms with Crippen molar-refractivity contribution >= 4 is 50.1 Å². The molecule has 1 nitrogen and oxygen atoms in total. The van der Waals surface area contributed by atoms with Crippen molar-refractivity contribution in [3.8, 4) is 0 Å². The number of hydrogen-bond donors (Lipinski definition) is 0. The Hall–Kier alpha value is -0.283. The minimum Gasteiger partial charge on any atom is -0.253 e. The fourth-order valence-corrected chi connectivity index (χ4v) is 3.50. The van der Waals surface area contributed by atoms with E-state index < -0.39 is 6.00 Å². The molecule has 0 N–H and O–H groups in total. The highest BCUT2D eigenvalue weighted by Gasteiger charge is 2.23. The van der Waals surface area contributed by atoms with Crippen LogP contribution < -0.4 is 0 Å². The Balaban J connectivity index is 2.04. The molecule has 90 valence electrons. The molecule has 5 heteroatoms. The predicted molar refractivity (Wildman–Crippen MR) is 78.2 cm³/mol. The Kier molecular flexibility index (Phi) is 4.31. The molecule has 2 rings (SSSR count). The number of hydrogen-bond acceptors (Lipinski definition) is 1. The van der Waals surface area contributed by atoms with Crippen molar-refractivity contribution in [2.45, 2.75) is 18.9 Å². The highest BCUT2D eigenvalue weighted by atomic mass is 35.8. The Labute approximate surface area is 116 Å². The minimum absolute atomic E-state index is 0.687. The van der Waals surface area contributed by atoms with E-state index in [1.54, 1.807) is 0 Å². The fraction of sp³-hybridized carbons (Fsp3) is 0.250. The number of para-hydroxylation sites is 1. The Morgan fingerprint density at radius 3 is 2.53 bits per heavy atom. The molecule has 0 radical (unpaired) electrons. The van der Waals surface area contributed by atoms with Crippen LogP contribution in [0.15, 0.2) is 36.4 Å². The molecular formula is C12H12Cl3NSi. The van der Waals surface area contributed by atoms with Crippen LogP contribution in [0, 0.1) is 0 Å². The SMILES string of the molecule is Cl[Si](Cl)(Cl)CCCc1ccc2ccccc2n1. The highest BCUT2D eigenvalue weighted by Crippen LogP contribution is 2.27. The molecule has 0 saturated carbocycles. The first-order valence-electron chi connectivity index (χ1n) is 5.46. The number of rotatable bonds is 4. The quantitative estimate of drug-likeness (QED) is 0.583. The van der Waals surface area contributed by atoms with Crippen molar-refractivity contribution in [3.05, 3.63) is 42.1 Å². The van der Waals surface area contributed by atoms with Crippen LogP contribution in [-0.4, -0.2) is 11.0 Å². The average Bonchev–Trinajstić information content (AvgIpc) is 2.27. The molecule has 1 aromatic carbocycles. The first kappa shape index (κ1) is 13.2. The summed E-state index contributed by atoms with van der Waals surface area (Å²) in [4.78, 5) is 4.58. The van der Waals surface area contributed by atoms with Crippen LogP contribution in [0.1, 0.15) is 12.1 Å². The first-order valence-corrected chi connectivity index (χ1v) is 10.7. The number of fused-ring (bicyclic) bond motifs is 1. The van der Waals surface area contributed by atoms with E-state index in [1.807, 2.05) is 24.3 Å². The summed E-state index contributed by atoms with van der Waals surface area (Å²) in [7, 11) is 0. The lowest BCUT2D eigenvalue weighted by atomic mass is 10.1. The van der Waals surface area contributed by atoms with Crippen molar-refractivity contribution in [3.63, 3.8) is 0 Å². The van der Waals surface area contributed by atoms with Crippen LogP contribution >= 0.6 is 33.2 Å². The van der Waals surface area contributed by atoms with Crippen molar-refractivity contribution in [1.29, 1.82) is 0 Å². The van der Waals surface area contributed by atoms with Crippen LogP contribution in [0.2, 0.25) is 6.04 Å². The molecule has 0 aliphatic heterocycles. The smallest absolute Gasteiger partial charge is 0.253 e. The monoisotopic (exact) mass is 303 g/mol. The van der Waals surface area contributed by atoms with Crippen LogP contribution in [0.25, 0.3) is 10.9 Å². The van der Waals surface area contributed by atoms with E-state index in [9.17, 15) is 0 Å². The first-order chi connectivity index (χ1) is 8.04. The summed E-state index contributed by atoms with van der Waals surface area (Å²) >= 11 is 17.5. The molecule has 1 aromatic heterocycles. The molecule has 0 fully saturated rings. The largest absolute Gasteiger partial charge is 0.341 e. The van der Waals surface area contributed by atoms with Crippen molar-refractivity contribution < 1.29 is 0 Å². The lowest BCUT2D eigenvalue weighted by molar-refractivity contribution is 0.884. The summed E-state index contributed by atoms with van der Waals surface area (Å²) in [6, 6.07) is 10.4. The number of aromatic nitrogens is 1. The Morgan fingerprint density at radius 2 is 1.76 bits per heavy atom. The van der Waals surface area contributed by atoms with Gasteiger partial charge in [-0.3, -0.25) is 4.98 Å². The molecule has 0 bridgehead atoms. The van der Waals surface area contributed by atoms with Gasteiger partial charge in [0.05, 0.1) is 5.52 Å². The van der Waals surface area contributed by atoms with Crippen LogP contribution in [0.4, 0.5) is 0 Å². The van der Waals surface area contributed by atoms with Gasteiger partial charge in [-0.05, 0) is 31.0 Å². The summed E-state index contributed by atoms with van der Waals surface area (Å²) in [5, 5.41) is 1.16. The van der Waals surface area contributed by atoms with Gasteiger partial charge in [0.25, 0.3) is 0 Å². The van der Waals surface area contributed by atoms with E-state index >= 15 is 0 Å². The fourth-order valence-electron chi connectivity index (χ4n) is 1.72. The maximum atomic E-state index is 5.84. The predicted octanol–water partition coefficient (Wildman–Crippen LogP) is 4.82.